The Morgan fingerprint density at radius 2 is 1.80 bits per heavy atom. The second-order valence-electron chi connectivity index (χ2n) is 4.70. The van der Waals surface area contributed by atoms with Crippen LogP contribution in [-0.4, -0.2) is 13.2 Å². The molecule has 0 saturated carbocycles. The maximum atomic E-state index is 13.5. The van der Waals surface area contributed by atoms with Crippen molar-refractivity contribution in [2.24, 2.45) is 0 Å². The van der Waals surface area contributed by atoms with Gasteiger partial charge in [0.2, 0.25) is 0 Å². The number of benzene rings is 2. The fraction of sp³-hybridized carbons (Fsp3) is 0.250. The smallest absolute Gasteiger partial charge is 0.181 e. The van der Waals surface area contributed by atoms with E-state index in [2.05, 4.69) is 5.32 Å². The summed E-state index contributed by atoms with van der Waals surface area (Å²) in [4.78, 5) is 0. The summed E-state index contributed by atoms with van der Waals surface area (Å²) in [6.07, 6.45) is 0.708. The number of nitrogens with one attached hydrogen (secondary N) is 1. The molecule has 2 aromatic carbocycles. The lowest BCUT2D eigenvalue weighted by molar-refractivity contribution is 0.414. The zero-order valence-corrected chi connectivity index (χ0v) is 11.5. The standard InChI is InChI=1S/C16H17F2NO/c1-11(10-12-6-8-13(20-2)9-7-12)19-15-5-3-4-14(17)16(15)18/h3-9,11,19H,10H2,1-2H3. The first kappa shape index (κ1) is 14.3. The first-order chi connectivity index (χ1) is 9.60. The van der Waals surface area contributed by atoms with E-state index >= 15 is 0 Å². The molecule has 0 aliphatic heterocycles. The summed E-state index contributed by atoms with van der Waals surface area (Å²) in [6.45, 7) is 1.93. The second-order valence-corrected chi connectivity index (χ2v) is 4.70. The van der Waals surface area contributed by atoms with Crippen LogP contribution in [0.2, 0.25) is 0 Å². The molecule has 2 rings (SSSR count). The number of anilines is 1. The van der Waals surface area contributed by atoms with Gasteiger partial charge in [0.05, 0.1) is 12.8 Å². The number of rotatable bonds is 5. The van der Waals surface area contributed by atoms with Crippen LogP contribution in [0.5, 0.6) is 5.75 Å². The average Bonchev–Trinajstić information content (AvgIpc) is 2.45. The van der Waals surface area contributed by atoms with E-state index in [9.17, 15) is 8.78 Å². The van der Waals surface area contributed by atoms with Gasteiger partial charge in [0.25, 0.3) is 0 Å². The molecule has 1 N–H and O–H groups in total. The van der Waals surface area contributed by atoms with E-state index < -0.39 is 11.6 Å². The number of halogens is 2. The minimum atomic E-state index is -0.841. The average molecular weight is 277 g/mol. The van der Waals surface area contributed by atoms with E-state index in [0.29, 0.717) is 6.42 Å². The quantitative estimate of drug-likeness (QED) is 0.891. The molecule has 0 spiro atoms. The van der Waals surface area contributed by atoms with Crippen LogP contribution in [0.3, 0.4) is 0 Å². The van der Waals surface area contributed by atoms with E-state index in [1.54, 1.807) is 7.11 Å². The molecule has 1 unspecified atom stereocenters. The highest BCUT2D eigenvalue weighted by Crippen LogP contribution is 2.19. The first-order valence-corrected chi connectivity index (χ1v) is 6.43. The molecule has 0 aliphatic carbocycles. The van der Waals surface area contributed by atoms with Gasteiger partial charge in [0, 0.05) is 6.04 Å². The molecule has 0 aliphatic rings. The monoisotopic (exact) mass is 277 g/mol. The third-order valence-electron chi connectivity index (χ3n) is 3.05. The highest BCUT2D eigenvalue weighted by Gasteiger charge is 2.10. The van der Waals surface area contributed by atoms with Crippen molar-refractivity contribution in [1.29, 1.82) is 0 Å². The first-order valence-electron chi connectivity index (χ1n) is 6.43. The molecule has 0 amide bonds. The van der Waals surface area contributed by atoms with Crippen LogP contribution in [0.1, 0.15) is 12.5 Å². The Labute approximate surface area is 117 Å². The summed E-state index contributed by atoms with van der Waals surface area (Å²) in [6, 6.07) is 11.8. The van der Waals surface area contributed by atoms with Gasteiger partial charge in [0.1, 0.15) is 5.75 Å². The molecule has 106 valence electrons. The van der Waals surface area contributed by atoms with Crippen LogP contribution in [0.4, 0.5) is 14.5 Å². The summed E-state index contributed by atoms with van der Waals surface area (Å²) in [7, 11) is 1.62. The fourth-order valence-electron chi connectivity index (χ4n) is 2.05. The maximum absolute atomic E-state index is 13.5. The summed E-state index contributed by atoms with van der Waals surface area (Å²) in [5, 5.41) is 2.98. The topological polar surface area (TPSA) is 21.3 Å². The van der Waals surface area contributed by atoms with E-state index in [1.165, 1.54) is 12.1 Å². The van der Waals surface area contributed by atoms with Crippen LogP contribution in [0.15, 0.2) is 42.5 Å². The number of hydrogen-bond donors (Lipinski definition) is 1. The van der Waals surface area contributed by atoms with Crippen molar-refractivity contribution in [3.8, 4) is 5.75 Å². The maximum Gasteiger partial charge on any atom is 0.181 e. The van der Waals surface area contributed by atoms with E-state index in [1.807, 2.05) is 31.2 Å². The van der Waals surface area contributed by atoms with E-state index in [4.69, 9.17) is 4.74 Å². The highest BCUT2D eigenvalue weighted by atomic mass is 19.2. The predicted molar refractivity (Wildman–Crippen MR) is 76.1 cm³/mol. The van der Waals surface area contributed by atoms with Gasteiger partial charge in [-0.2, -0.15) is 0 Å². The summed E-state index contributed by atoms with van der Waals surface area (Å²) in [5.41, 5.74) is 1.29. The molecule has 0 aromatic heterocycles. The lowest BCUT2D eigenvalue weighted by Gasteiger charge is -2.16. The normalized spacial score (nSPS) is 12.0. The van der Waals surface area contributed by atoms with Crippen molar-refractivity contribution in [2.45, 2.75) is 19.4 Å². The minimum Gasteiger partial charge on any atom is -0.497 e. The van der Waals surface area contributed by atoms with Crippen LogP contribution in [0, 0.1) is 11.6 Å². The Bertz CT molecular complexity index is 569. The van der Waals surface area contributed by atoms with Crippen molar-refractivity contribution in [3.63, 3.8) is 0 Å². The number of methoxy groups -OCH3 is 1. The molecule has 1 atom stereocenters. The SMILES string of the molecule is COc1ccc(CC(C)Nc2cccc(F)c2F)cc1. The van der Waals surface area contributed by atoms with Gasteiger partial charge < -0.3 is 10.1 Å². The van der Waals surface area contributed by atoms with E-state index in [0.717, 1.165) is 17.4 Å². The van der Waals surface area contributed by atoms with Crippen molar-refractivity contribution < 1.29 is 13.5 Å². The molecular formula is C16H17F2NO. The van der Waals surface area contributed by atoms with Gasteiger partial charge >= 0.3 is 0 Å². The Morgan fingerprint density at radius 3 is 2.45 bits per heavy atom. The van der Waals surface area contributed by atoms with Crippen molar-refractivity contribution in [1.82, 2.24) is 0 Å². The lowest BCUT2D eigenvalue weighted by atomic mass is 10.1. The molecule has 0 heterocycles. The van der Waals surface area contributed by atoms with Crippen LogP contribution < -0.4 is 10.1 Å². The molecular weight excluding hydrogens is 260 g/mol. The van der Waals surface area contributed by atoms with E-state index in [-0.39, 0.29) is 11.7 Å². The van der Waals surface area contributed by atoms with Crippen LogP contribution in [-0.2, 0) is 6.42 Å². The molecule has 0 fully saturated rings. The molecule has 0 saturated heterocycles. The van der Waals surface area contributed by atoms with Crippen LogP contribution >= 0.6 is 0 Å². The van der Waals surface area contributed by atoms with Gasteiger partial charge in [-0.1, -0.05) is 18.2 Å². The second kappa shape index (κ2) is 6.37. The number of hydrogen-bond acceptors (Lipinski definition) is 2. The van der Waals surface area contributed by atoms with Gasteiger partial charge in [-0.15, -0.1) is 0 Å². The molecule has 2 aromatic rings. The highest BCUT2D eigenvalue weighted by molar-refractivity contribution is 5.46. The summed E-state index contributed by atoms with van der Waals surface area (Å²) < 4.78 is 31.7. The lowest BCUT2D eigenvalue weighted by Crippen LogP contribution is -2.19. The Kier molecular flexibility index (Phi) is 4.56. The number of ether oxygens (including phenoxy) is 1. The fourth-order valence-corrected chi connectivity index (χ4v) is 2.05. The molecule has 2 nitrogen and oxygen atoms in total. The molecule has 0 radical (unpaired) electrons. The van der Waals surface area contributed by atoms with Gasteiger partial charge in [-0.25, -0.2) is 8.78 Å². The van der Waals surface area contributed by atoms with Crippen molar-refractivity contribution in [3.05, 3.63) is 59.7 Å². The predicted octanol–water partition coefficient (Wildman–Crippen LogP) is 4.02. The summed E-state index contributed by atoms with van der Waals surface area (Å²) >= 11 is 0. The Morgan fingerprint density at radius 1 is 1.10 bits per heavy atom. The van der Waals surface area contributed by atoms with Gasteiger partial charge in [-0.3, -0.25) is 0 Å². The summed E-state index contributed by atoms with van der Waals surface area (Å²) in [5.74, 6) is -0.883. The largest absolute Gasteiger partial charge is 0.497 e. The molecule has 20 heavy (non-hydrogen) atoms. The third kappa shape index (κ3) is 3.47. The van der Waals surface area contributed by atoms with Gasteiger partial charge in [-0.05, 0) is 43.2 Å². The molecule has 0 bridgehead atoms. The Hall–Kier alpha value is -2.10. The third-order valence-corrected chi connectivity index (χ3v) is 3.05. The van der Waals surface area contributed by atoms with Crippen LogP contribution in [0.25, 0.3) is 0 Å². The Balaban J connectivity index is 2.01. The van der Waals surface area contributed by atoms with Gasteiger partial charge in [0.15, 0.2) is 11.6 Å². The molecule has 4 heteroatoms. The van der Waals surface area contributed by atoms with Crippen molar-refractivity contribution in [2.75, 3.05) is 12.4 Å². The van der Waals surface area contributed by atoms with Crippen molar-refractivity contribution >= 4 is 5.69 Å². The minimum absolute atomic E-state index is 0.0142. The zero-order valence-electron chi connectivity index (χ0n) is 11.5. The zero-order chi connectivity index (χ0) is 14.5.